The van der Waals surface area contributed by atoms with Crippen LogP contribution >= 0.6 is 11.3 Å². The highest BCUT2D eigenvalue weighted by Gasteiger charge is 2.44. The lowest BCUT2D eigenvalue weighted by molar-refractivity contribution is 0.0103. The van der Waals surface area contributed by atoms with Crippen LogP contribution in [-0.2, 0) is 4.74 Å². The molecule has 1 amide bonds. The second-order valence-electron chi connectivity index (χ2n) is 7.61. The van der Waals surface area contributed by atoms with Crippen LogP contribution in [0, 0.1) is 6.92 Å². The van der Waals surface area contributed by atoms with E-state index >= 15 is 0 Å². The van der Waals surface area contributed by atoms with E-state index in [-0.39, 0.29) is 11.3 Å². The molecule has 2 unspecified atom stereocenters. The fourth-order valence-electron chi connectivity index (χ4n) is 4.13. The molecule has 0 radical (unpaired) electrons. The number of morpholine rings is 1. The summed E-state index contributed by atoms with van der Waals surface area (Å²) in [6.07, 6.45) is 2.44. The number of aromatic carboxylic acids is 1. The van der Waals surface area contributed by atoms with Gasteiger partial charge in [-0.25, -0.2) is 9.78 Å². The van der Waals surface area contributed by atoms with E-state index in [1.54, 1.807) is 13.0 Å². The number of aromatic nitrogens is 2. The first-order valence-electron chi connectivity index (χ1n) is 9.81. The number of benzene rings is 1. The molecule has 2 bridgehead atoms. The molecule has 9 nitrogen and oxygen atoms in total. The van der Waals surface area contributed by atoms with E-state index in [1.165, 1.54) is 30.7 Å². The van der Waals surface area contributed by atoms with Gasteiger partial charge in [0.1, 0.15) is 11.3 Å². The van der Waals surface area contributed by atoms with Gasteiger partial charge in [0.25, 0.3) is 5.91 Å². The number of pyridine rings is 1. The minimum absolute atomic E-state index is 0.0228. The Morgan fingerprint density at radius 2 is 2.10 bits per heavy atom. The Labute approximate surface area is 181 Å². The van der Waals surface area contributed by atoms with E-state index in [4.69, 9.17) is 14.5 Å². The maximum absolute atomic E-state index is 13.3. The van der Waals surface area contributed by atoms with Crippen molar-refractivity contribution in [3.05, 3.63) is 41.2 Å². The lowest BCUT2D eigenvalue weighted by Crippen LogP contribution is -2.64. The quantitative estimate of drug-likeness (QED) is 0.623. The maximum atomic E-state index is 13.3. The number of fused-ring (bicyclic) bond motifs is 3. The molecule has 0 aliphatic carbocycles. The monoisotopic (exact) mass is 440 g/mol. The molecule has 1 aromatic carbocycles. The molecule has 3 aromatic rings. The van der Waals surface area contributed by atoms with Crippen LogP contribution < -0.4 is 15.0 Å². The van der Waals surface area contributed by atoms with Crippen LogP contribution in [0.4, 0.5) is 10.8 Å². The summed E-state index contributed by atoms with van der Waals surface area (Å²) in [4.78, 5) is 36.0. The minimum atomic E-state index is -1.14. The predicted molar refractivity (Wildman–Crippen MR) is 116 cm³/mol. The fraction of sp³-hybridized carbons (Fsp3) is 0.333. The molecular formula is C21H20N4O5S. The topological polar surface area (TPSA) is 114 Å². The summed E-state index contributed by atoms with van der Waals surface area (Å²) in [7, 11) is 1.49. The number of aryl methyl sites for hydroxylation is 1. The van der Waals surface area contributed by atoms with Crippen LogP contribution in [0.15, 0.2) is 24.4 Å². The molecule has 2 saturated heterocycles. The Balaban J connectivity index is 1.54. The number of nitrogens with one attached hydrogen (secondary N) is 1. The van der Waals surface area contributed by atoms with E-state index in [2.05, 4.69) is 15.2 Å². The number of carboxylic acids is 1. The van der Waals surface area contributed by atoms with Gasteiger partial charge in [0.05, 0.1) is 60.1 Å². The van der Waals surface area contributed by atoms with Crippen molar-refractivity contribution in [2.75, 3.05) is 30.5 Å². The molecular weight excluding hydrogens is 420 g/mol. The van der Waals surface area contributed by atoms with E-state index in [9.17, 15) is 14.7 Å². The third-order valence-corrected chi connectivity index (χ3v) is 6.75. The van der Waals surface area contributed by atoms with Crippen molar-refractivity contribution in [3.8, 4) is 5.75 Å². The molecule has 10 heteroatoms. The number of thiazole rings is 1. The number of nitrogens with zero attached hydrogens (tertiary/aromatic N) is 3. The highest BCUT2D eigenvalue weighted by molar-refractivity contribution is 7.22. The standard InChI is InChI=1S/C21H20N4O5S/c1-10-5-13(20(27)28)15(7-22-10)23-19(26)17-16(29-2)4-3-14-18(17)31-21(24-14)25-11-6-12(25)9-30-8-11/h3-5,7,11-12H,6,8-9H2,1-2H3,(H,23,26)(H,27,28). The van der Waals surface area contributed by atoms with E-state index in [0.717, 1.165) is 11.6 Å². The van der Waals surface area contributed by atoms with Gasteiger partial charge in [-0.2, -0.15) is 0 Å². The van der Waals surface area contributed by atoms with Crippen molar-refractivity contribution in [2.24, 2.45) is 0 Å². The van der Waals surface area contributed by atoms with Gasteiger partial charge in [0, 0.05) is 5.69 Å². The van der Waals surface area contributed by atoms with Gasteiger partial charge in [-0.3, -0.25) is 9.78 Å². The fourth-order valence-corrected chi connectivity index (χ4v) is 5.37. The van der Waals surface area contributed by atoms with Crippen LogP contribution in [0.3, 0.4) is 0 Å². The average molecular weight is 440 g/mol. The summed E-state index contributed by atoms with van der Waals surface area (Å²) in [6, 6.07) is 5.58. The molecule has 2 aliphatic heterocycles. The van der Waals surface area contributed by atoms with Crippen LogP contribution in [0.25, 0.3) is 10.2 Å². The SMILES string of the molecule is COc1ccc2nc(N3C4COCC3C4)sc2c1C(=O)Nc1cnc(C)cc1C(=O)O. The van der Waals surface area contributed by atoms with Crippen LogP contribution in [0.2, 0.25) is 0 Å². The molecule has 0 saturated carbocycles. The maximum Gasteiger partial charge on any atom is 0.337 e. The Bertz CT molecular complexity index is 1200. The van der Waals surface area contributed by atoms with E-state index in [0.29, 0.717) is 52.5 Å². The second kappa shape index (κ2) is 7.47. The molecule has 0 spiro atoms. The lowest BCUT2D eigenvalue weighted by atomic mass is 9.92. The summed E-state index contributed by atoms with van der Waals surface area (Å²) in [5, 5.41) is 13.0. The number of hydrogen-bond donors (Lipinski definition) is 2. The van der Waals surface area contributed by atoms with Gasteiger partial charge in [-0.1, -0.05) is 11.3 Å². The van der Waals surface area contributed by atoms with Gasteiger partial charge in [-0.05, 0) is 31.5 Å². The first kappa shape index (κ1) is 19.7. The molecule has 4 heterocycles. The average Bonchev–Trinajstić information content (AvgIpc) is 3.17. The first-order valence-corrected chi connectivity index (χ1v) is 10.6. The lowest BCUT2D eigenvalue weighted by Gasteiger charge is -2.52. The van der Waals surface area contributed by atoms with Crippen molar-refractivity contribution in [1.82, 2.24) is 9.97 Å². The summed E-state index contributed by atoms with van der Waals surface area (Å²) in [5.74, 6) is -1.22. The summed E-state index contributed by atoms with van der Waals surface area (Å²) < 4.78 is 11.7. The van der Waals surface area contributed by atoms with Crippen molar-refractivity contribution in [3.63, 3.8) is 0 Å². The smallest absolute Gasteiger partial charge is 0.337 e. The second-order valence-corrected chi connectivity index (χ2v) is 8.58. The van der Waals surface area contributed by atoms with Crippen molar-refractivity contribution >= 4 is 44.2 Å². The summed E-state index contributed by atoms with van der Waals surface area (Å²) >= 11 is 1.43. The number of hydrogen-bond acceptors (Lipinski definition) is 8. The molecule has 2 atom stereocenters. The molecule has 2 N–H and O–H groups in total. The number of amides is 1. The summed E-state index contributed by atoms with van der Waals surface area (Å²) in [6.45, 7) is 3.06. The Morgan fingerprint density at radius 1 is 1.32 bits per heavy atom. The Hall–Kier alpha value is -3.24. The largest absolute Gasteiger partial charge is 0.496 e. The molecule has 160 valence electrons. The number of rotatable bonds is 5. The van der Waals surface area contributed by atoms with Gasteiger partial charge in [-0.15, -0.1) is 0 Å². The molecule has 31 heavy (non-hydrogen) atoms. The van der Waals surface area contributed by atoms with Crippen LogP contribution in [0.1, 0.15) is 32.8 Å². The highest BCUT2D eigenvalue weighted by Crippen LogP contribution is 2.42. The minimum Gasteiger partial charge on any atom is -0.496 e. The summed E-state index contributed by atoms with van der Waals surface area (Å²) in [5.41, 5.74) is 1.66. The zero-order chi connectivity index (χ0) is 21.7. The Kier molecular flexibility index (Phi) is 4.75. The van der Waals surface area contributed by atoms with E-state index in [1.807, 2.05) is 6.07 Å². The predicted octanol–water partition coefficient (Wildman–Crippen LogP) is 2.94. The number of ether oxygens (including phenoxy) is 2. The third kappa shape index (κ3) is 3.28. The molecule has 2 aliphatic rings. The zero-order valence-electron chi connectivity index (χ0n) is 16.9. The van der Waals surface area contributed by atoms with Crippen molar-refractivity contribution in [2.45, 2.75) is 25.4 Å². The van der Waals surface area contributed by atoms with Gasteiger partial charge in [0.2, 0.25) is 0 Å². The van der Waals surface area contributed by atoms with Crippen molar-refractivity contribution in [1.29, 1.82) is 0 Å². The Morgan fingerprint density at radius 3 is 2.77 bits per heavy atom. The normalized spacial score (nSPS) is 19.7. The first-order chi connectivity index (χ1) is 15.0. The van der Waals surface area contributed by atoms with Crippen LogP contribution in [0.5, 0.6) is 5.75 Å². The molecule has 5 rings (SSSR count). The zero-order valence-corrected chi connectivity index (χ0v) is 17.7. The number of carbonyl (C=O) groups is 2. The highest BCUT2D eigenvalue weighted by atomic mass is 32.1. The third-order valence-electron chi connectivity index (χ3n) is 5.65. The van der Waals surface area contributed by atoms with E-state index < -0.39 is 11.9 Å². The molecule has 2 fully saturated rings. The van der Waals surface area contributed by atoms with Crippen LogP contribution in [-0.4, -0.2) is 59.4 Å². The molecule has 2 aromatic heterocycles. The van der Waals surface area contributed by atoms with Gasteiger partial charge in [0.15, 0.2) is 5.13 Å². The number of carbonyl (C=O) groups excluding carboxylic acids is 1. The van der Waals surface area contributed by atoms with Gasteiger partial charge >= 0.3 is 5.97 Å². The number of anilines is 2. The van der Waals surface area contributed by atoms with Gasteiger partial charge < -0.3 is 24.8 Å². The number of carboxylic acid groups (broad SMARTS) is 1. The number of methoxy groups -OCH3 is 1. The van der Waals surface area contributed by atoms with Crippen molar-refractivity contribution < 1.29 is 24.2 Å².